The highest BCUT2D eigenvalue weighted by Crippen LogP contribution is 2.29. The van der Waals surface area contributed by atoms with Crippen LogP contribution in [0.2, 0.25) is 0 Å². The van der Waals surface area contributed by atoms with E-state index in [9.17, 15) is 10.1 Å². The van der Waals surface area contributed by atoms with E-state index >= 15 is 0 Å². The number of nitrogens with one attached hydrogen (secondary N) is 2. The summed E-state index contributed by atoms with van der Waals surface area (Å²) in [6.07, 6.45) is 4.80. The lowest BCUT2D eigenvalue weighted by Crippen LogP contribution is -2.34. The second-order valence-corrected chi connectivity index (χ2v) is 7.03. The van der Waals surface area contributed by atoms with Crippen molar-refractivity contribution in [1.29, 1.82) is 5.26 Å². The number of nitriles is 1. The van der Waals surface area contributed by atoms with Crippen molar-refractivity contribution < 1.29 is 4.79 Å². The van der Waals surface area contributed by atoms with Crippen LogP contribution in [-0.4, -0.2) is 15.8 Å². The number of urea groups is 1. The molecular weight excluding hydrogens is 314 g/mol. The van der Waals surface area contributed by atoms with Gasteiger partial charge in [-0.15, -0.1) is 0 Å². The SMILES string of the molecule is Cn1ncc2c1CCCC2NC(=O)Nc1ccc(C(C)(C)C#N)cc1. The van der Waals surface area contributed by atoms with E-state index in [1.54, 1.807) is 0 Å². The van der Waals surface area contributed by atoms with Gasteiger partial charge in [-0.25, -0.2) is 4.79 Å². The molecule has 6 nitrogen and oxygen atoms in total. The number of nitrogens with zero attached hydrogens (tertiary/aromatic N) is 3. The van der Waals surface area contributed by atoms with Gasteiger partial charge in [0.15, 0.2) is 0 Å². The van der Waals surface area contributed by atoms with E-state index in [4.69, 9.17) is 0 Å². The van der Waals surface area contributed by atoms with Crippen molar-refractivity contribution in [3.8, 4) is 6.07 Å². The van der Waals surface area contributed by atoms with Crippen LogP contribution in [0.1, 0.15) is 49.6 Å². The van der Waals surface area contributed by atoms with E-state index in [1.807, 2.05) is 56.0 Å². The van der Waals surface area contributed by atoms with Crippen molar-refractivity contribution in [2.24, 2.45) is 7.05 Å². The van der Waals surface area contributed by atoms with Crippen molar-refractivity contribution in [2.75, 3.05) is 5.32 Å². The fourth-order valence-corrected chi connectivity index (χ4v) is 3.22. The number of rotatable bonds is 3. The largest absolute Gasteiger partial charge is 0.331 e. The van der Waals surface area contributed by atoms with Crippen molar-refractivity contribution in [2.45, 2.75) is 44.6 Å². The summed E-state index contributed by atoms with van der Waals surface area (Å²) < 4.78 is 1.89. The van der Waals surface area contributed by atoms with Gasteiger partial charge in [0.1, 0.15) is 0 Å². The van der Waals surface area contributed by atoms with Crippen LogP contribution in [0, 0.1) is 11.3 Å². The number of aromatic nitrogens is 2. The lowest BCUT2D eigenvalue weighted by atomic mass is 9.86. The molecule has 0 saturated carbocycles. The van der Waals surface area contributed by atoms with E-state index in [1.165, 1.54) is 5.69 Å². The van der Waals surface area contributed by atoms with Gasteiger partial charge in [-0.1, -0.05) is 12.1 Å². The summed E-state index contributed by atoms with van der Waals surface area (Å²) in [5.74, 6) is 0. The van der Waals surface area contributed by atoms with Crippen molar-refractivity contribution in [3.05, 3.63) is 47.3 Å². The molecule has 0 saturated heterocycles. The first-order valence-electron chi connectivity index (χ1n) is 8.51. The maximum Gasteiger partial charge on any atom is 0.319 e. The molecule has 6 heteroatoms. The van der Waals surface area contributed by atoms with Gasteiger partial charge in [0, 0.05) is 24.0 Å². The first-order valence-corrected chi connectivity index (χ1v) is 8.51. The molecule has 1 heterocycles. The fraction of sp³-hybridized carbons (Fsp3) is 0.421. The summed E-state index contributed by atoms with van der Waals surface area (Å²) in [6.45, 7) is 3.74. The van der Waals surface area contributed by atoms with Gasteiger partial charge < -0.3 is 10.6 Å². The number of amides is 2. The predicted octanol–water partition coefficient (Wildman–Crippen LogP) is 3.42. The Labute approximate surface area is 147 Å². The van der Waals surface area contributed by atoms with Gasteiger partial charge in [-0.2, -0.15) is 10.4 Å². The molecule has 0 radical (unpaired) electrons. The van der Waals surface area contributed by atoms with Gasteiger partial charge in [-0.3, -0.25) is 4.68 Å². The molecular formula is C19H23N5O. The molecule has 1 aliphatic carbocycles. The van der Waals surface area contributed by atoms with Crippen molar-refractivity contribution >= 4 is 11.7 Å². The number of fused-ring (bicyclic) bond motifs is 1. The highest BCUT2D eigenvalue weighted by atomic mass is 16.2. The molecule has 1 aromatic heterocycles. The Morgan fingerprint density at radius 3 is 2.76 bits per heavy atom. The van der Waals surface area contributed by atoms with Crippen LogP contribution >= 0.6 is 0 Å². The maximum atomic E-state index is 12.3. The van der Waals surface area contributed by atoms with Crippen LogP contribution in [0.25, 0.3) is 0 Å². The number of carbonyl (C=O) groups excluding carboxylic acids is 1. The third-order valence-electron chi connectivity index (χ3n) is 4.82. The van der Waals surface area contributed by atoms with Crippen LogP contribution < -0.4 is 10.6 Å². The number of anilines is 1. The lowest BCUT2D eigenvalue weighted by Gasteiger charge is -2.24. The zero-order valence-electron chi connectivity index (χ0n) is 14.8. The van der Waals surface area contributed by atoms with Crippen LogP contribution in [0.5, 0.6) is 0 Å². The van der Waals surface area contributed by atoms with Crippen LogP contribution in [0.3, 0.4) is 0 Å². The standard InChI is InChI=1S/C19H23N5O/c1-19(2,12-20)13-7-9-14(10-8-13)22-18(25)23-16-5-4-6-17-15(16)11-21-24(17)3/h7-11,16H,4-6H2,1-3H3,(H2,22,23,25). The monoisotopic (exact) mass is 337 g/mol. The van der Waals surface area contributed by atoms with E-state index in [0.717, 1.165) is 30.4 Å². The van der Waals surface area contributed by atoms with Gasteiger partial charge in [0.25, 0.3) is 0 Å². The average molecular weight is 337 g/mol. The van der Waals surface area contributed by atoms with Gasteiger partial charge in [0.05, 0.1) is 23.7 Å². The minimum Gasteiger partial charge on any atom is -0.331 e. The molecule has 0 fully saturated rings. The third-order valence-corrected chi connectivity index (χ3v) is 4.82. The summed E-state index contributed by atoms with van der Waals surface area (Å²) in [6, 6.07) is 9.44. The second-order valence-electron chi connectivity index (χ2n) is 7.03. The number of benzene rings is 1. The molecule has 25 heavy (non-hydrogen) atoms. The Hall–Kier alpha value is -2.81. The third kappa shape index (κ3) is 3.50. The predicted molar refractivity (Wildman–Crippen MR) is 96.1 cm³/mol. The topological polar surface area (TPSA) is 82.7 Å². The summed E-state index contributed by atoms with van der Waals surface area (Å²) in [5, 5.41) is 19.4. The fourth-order valence-electron chi connectivity index (χ4n) is 3.22. The smallest absolute Gasteiger partial charge is 0.319 e. The van der Waals surface area contributed by atoms with E-state index in [2.05, 4.69) is 21.8 Å². The van der Waals surface area contributed by atoms with Gasteiger partial charge >= 0.3 is 6.03 Å². The van der Waals surface area contributed by atoms with E-state index in [0.29, 0.717) is 5.69 Å². The summed E-state index contributed by atoms with van der Waals surface area (Å²) in [7, 11) is 1.94. The minimum atomic E-state index is -0.542. The first-order chi connectivity index (χ1) is 11.9. The number of aryl methyl sites for hydroxylation is 1. The Bertz CT molecular complexity index is 813. The minimum absolute atomic E-state index is 0.00533. The summed E-state index contributed by atoms with van der Waals surface area (Å²) in [4.78, 5) is 12.3. The quantitative estimate of drug-likeness (QED) is 0.900. The zero-order valence-corrected chi connectivity index (χ0v) is 14.8. The summed E-state index contributed by atoms with van der Waals surface area (Å²) >= 11 is 0. The van der Waals surface area contributed by atoms with E-state index < -0.39 is 5.41 Å². The molecule has 130 valence electrons. The Balaban J connectivity index is 1.65. The second kappa shape index (κ2) is 6.60. The first kappa shape index (κ1) is 17.0. The summed E-state index contributed by atoms with van der Waals surface area (Å²) in [5.41, 5.74) is 3.39. The molecule has 1 atom stereocenters. The Morgan fingerprint density at radius 2 is 2.08 bits per heavy atom. The van der Waals surface area contributed by atoms with Crippen LogP contribution in [0.15, 0.2) is 30.5 Å². The van der Waals surface area contributed by atoms with Crippen molar-refractivity contribution in [3.63, 3.8) is 0 Å². The number of hydrogen-bond donors (Lipinski definition) is 2. The number of carbonyl (C=O) groups is 1. The molecule has 0 spiro atoms. The molecule has 1 aliphatic rings. The molecule has 1 unspecified atom stereocenters. The Morgan fingerprint density at radius 1 is 1.36 bits per heavy atom. The Kier molecular flexibility index (Phi) is 4.49. The average Bonchev–Trinajstić information content (AvgIpc) is 2.98. The molecule has 0 bridgehead atoms. The van der Waals surface area contributed by atoms with E-state index in [-0.39, 0.29) is 12.1 Å². The highest BCUT2D eigenvalue weighted by Gasteiger charge is 2.25. The molecule has 2 amide bonds. The normalized spacial score (nSPS) is 16.6. The zero-order chi connectivity index (χ0) is 18.0. The highest BCUT2D eigenvalue weighted by molar-refractivity contribution is 5.89. The van der Waals surface area contributed by atoms with Gasteiger partial charge in [0.2, 0.25) is 0 Å². The molecule has 2 aromatic rings. The number of hydrogen-bond acceptors (Lipinski definition) is 3. The maximum absolute atomic E-state index is 12.3. The molecule has 3 rings (SSSR count). The van der Waals surface area contributed by atoms with Crippen LogP contribution in [-0.2, 0) is 18.9 Å². The molecule has 1 aromatic carbocycles. The lowest BCUT2D eigenvalue weighted by molar-refractivity contribution is 0.247. The molecule has 0 aliphatic heterocycles. The van der Waals surface area contributed by atoms with Crippen LogP contribution in [0.4, 0.5) is 10.5 Å². The molecule has 2 N–H and O–H groups in total. The van der Waals surface area contributed by atoms with Gasteiger partial charge in [-0.05, 0) is 50.8 Å². The van der Waals surface area contributed by atoms with Crippen molar-refractivity contribution in [1.82, 2.24) is 15.1 Å².